The van der Waals surface area contributed by atoms with E-state index in [2.05, 4.69) is 24.5 Å². The quantitative estimate of drug-likeness (QED) is 0.721. The molecule has 1 aliphatic carbocycles. The van der Waals surface area contributed by atoms with Crippen LogP contribution >= 0.6 is 0 Å². The summed E-state index contributed by atoms with van der Waals surface area (Å²) < 4.78 is 0. The first-order chi connectivity index (χ1) is 9.53. The number of aliphatic hydroxyl groups is 1. The molecule has 3 N–H and O–H groups in total. The van der Waals surface area contributed by atoms with Crippen LogP contribution in [0.2, 0.25) is 0 Å². The molecule has 0 bridgehead atoms. The fourth-order valence-corrected chi connectivity index (χ4v) is 3.63. The third-order valence-electron chi connectivity index (χ3n) is 5.59. The van der Waals surface area contributed by atoms with Gasteiger partial charge in [0.2, 0.25) is 5.91 Å². The van der Waals surface area contributed by atoms with E-state index in [4.69, 9.17) is 0 Å². The van der Waals surface area contributed by atoms with Crippen molar-refractivity contribution >= 4 is 5.91 Å². The van der Waals surface area contributed by atoms with E-state index in [-0.39, 0.29) is 11.3 Å². The van der Waals surface area contributed by atoms with Crippen molar-refractivity contribution in [3.05, 3.63) is 0 Å². The maximum atomic E-state index is 12.4. The molecule has 0 aromatic rings. The number of rotatable bonds is 5. The van der Waals surface area contributed by atoms with Crippen LogP contribution in [0.25, 0.3) is 0 Å². The topological polar surface area (TPSA) is 61.4 Å². The van der Waals surface area contributed by atoms with E-state index < -0.39 is 5.60 Å². The van der Waals surface area contributed by atoms with Crippen LogP contribution in [-0.4, -0.2) is 36.2 Å². The average Bonchev–Trinajstić information content (AvgIpc) is 2.96. The van der Waals surface area contributed by atoms with Gasteiger partial charge in [-0.15, -0.1) is 0 Å². The lowest BCUT2D eigenvalue weighted by molar-refractivity contribution is -0.132. The largest absolute Gasteiger partial charge is 0.388 e. The molecule has 1 aliphatic heterocycles. The fraction of sp³-hybridized carbons (Fsp3) is 0.938. The minimum Gasteiger partial charge on any atom is -0.388 e. The van der Waals surface area contributed by atoms with Gasteiger partial charge < -0.3 is 15.7 Å². The van der Waals surface area contributed by atoms with E-state index in [1.165, 1.54) is 6.42 Å². The Hall–Kier alpha value is -0.610. The summed E-state index contributed by atoms with van der Waals surface area (Å²) in [5.41, 5.74) is -0.931. The molecule has 0 radical (unpaired) electrons. The van der Waals surface area contributed by atoms with Crippen molar-refractivity contribution in [2.45, 2.75) is 64.4 Å². The summed E-state index contributed by atoms with van der Waals surface area (Å²) in [7, 11) is 0. The SMILES string of the molecule is CCC1CCC(O)(CNC(=O)C2(CC)CCNC2)CC1. The molecule has 2 aliphatic rings. The van der Waals surface area contributed by atoms with E-state index in [1.807, 2.05) is 0 Å². The van der Waals surface area contributed by atoms with E-state index in [9.17, 15) is 9.90 Å². The second-order valence-electron chi connectivity index (χ2n) is 6.82. The highest BCUT2D eigenvalue weighted by Crippen LogP contribution is 2.34. The van der Waals surface area contributed by atoms with Gasteiger partial charge in [0.05, 0.1) is 11.0 Å². The Balaban J connectivity index is 1.84. The normalized spacial score (nSPS) is 37.9. The Bertz CT molecular complexity index is 329. The highest BCUT2D eigenvalue weighted by Gasteiger charge is 2.41. The maximum Gasteiger partial charge on any atom is 0.227 e. The minimum absolute atomic E-state index is 0.121. The standard InChI is InChI=1S/C16H30N2O2/c1-3-13-5-7-16(20,8-6-13)12-18-14(19)15(4-2)9-10-17-11-15/h13,17,20H,3-12H2,1-2H3,(H,18,19). The molecule has 0 aromatic heterocycles. The van der Waals surface area contributed by atoms with Crippen LogP contribution in [-0.2, 0) is 4.79 Å². The molecule has 0 spiro atoms. The third-order valence-corrected chi connectivity index (χ3v) is 5.59. The molecule has 1 saturated heterocycles. The Labute approximate surface area is 122 Å². The molecule has 1 heterocycles. The van der Waals surface area contributed by atoms with E-state index in [1.54, 1.807) is 0 Å². The van der Waals surface area contributed by atoms with Gasteiger partial charge >= 0.3 is 0 Å². The molecular formula is C16H30N2O2. The van der Waals surface area contributed by atoms with Crippen LogP contribution in [0.15, 0.2) is 0 Å². The molecule has 1 saturated carbocycles. The summed E-state index contributed by atoms with van der Waals surface area (Å²) in [6, 6.07) is 0. The molecular weight excluding hydrogens is 252 g/mol. The molecule has 2 fully saturated rings. The number of carbonyl (C=O) groups is 1. The zero-order valence-electron chi connectivity index (χ0n) is 13.0. The Kier molecular flexibility index (Phi) is 5.08. The molecule has 2 rings (SSSR count). The number of hydrogen-bond donors (Lipinski definition) is 3. The number of hydrogen-bond acceptors (Lipinski definition) is 3. The molecule has 0 aromatic carbocycles. The van der Waals surface area contributed by atoms with Crippen molar-refractivity contribution in [3.63, 3.8) is 0 Å². The van der Waals surface area contributed by atoms with Crippen molar-refractivity contribution in [2.24, 2.45) is 11.3 Å². The van der Waals surface area contributed by atoms with Crippen molar-refractivity contribution in [1.82, 2.24) is 10.6 Å². The van der Waals surface area contributed by atoms with Gasteiger partial charge in [0.1, 0.15) is 0 Å². The van der Waals surface area contributed by atoms with E-state index in [0.717, 1.165) is 57.5 Å². The fourth-order valence-electron chi connectivity index (χ4n) is 3.63. The zero-order valence-corrected chi connectivity index (χ0v) is 13.0. The van der Waals surface area contributed by atoms with Crippen LogP contribution < -0.4 is 10.6 Å². The molecule has 4 nitrogen and oxygen atoms in total. The lowest BCUT2D eigenvalue weighted by atomic mass is 9.77. The van der Waals surface area contributed by atoms with Crippen molar-refractivity contribution in [2.75, 3.05) is 19.6 Å². The van der Waals surface area contributed by atoms with Gasteiger partial charge in [0.25, 0.3) is 0 Å². The Morgan fingerprint density at radius 2 is 2.00 bits per heavy atom. The monoisotopic (exact) mass is 282 g/mol. The Morgan fingerprint density at radius 1 is 1.30 bits per heavy atom. The molecule has 1 unspecified atom stereocenters. The molecule has 4 heteroatoms. The van der Waals surface area contributed by atoms with Crippen molar-refractivity contribution < 1.29 is 9.90 Å². The first-order valence-electron chi connectivity index (χ1n) is 8.25. The third kappa shape index (κ3) is 3.34. The van der Waals surface area contributed by atoms with Gasteiger partial charge in [-0.3, -0.25) is 4.79 Å². The summed E-state index contributed by atoms with van der Waals surface area (Å²) in [6.07, 6.45) is 6.79. The number of amides is 1. The van der Waals surface area contributed by atoms with Gasteiger partial charge in [-0.25, -0.2) is 0 Å². The average molecular weight is 282 g/mol. The summed E-state index contributed by atoms with van der Waals surface area (Å²) >= 11 is 0. The van der Waals surface area contributed by atoms with Gasteiger partial charge in [0.15, 0.2) is 0 Å². The first kappa shape index (κ1) is 15.8. The summed E-state index contributed by atoms with van der Waals surface area (Å²) in [5.74, 6) is 0.878. The van der Waals surface area contributed by atoms with Gasteiger partial charge in [-0.1, -0.05) is 20.3 Å². The molecule has 1 amide bonds. The molecule has 20 heavy (non-hydrogen) atoms. The lowest BCUT2D eigenvalue weighted by Gasteiger charge is -2.37. The Morgan fingerprint density at radius 3 is 2.50 bits per heavy atom. The molecule has 116 valence electrons. The highest BCUT2D eigenvalue weighted by atomic mass is 16.3. The van der Waals surface area contributed by atoms with Gasteiger partial charge in [-0.2, -0.15) is 0 Å². The second-order valence-corrected chi connectivity index (χ2v) is 6.82. The lowest BCUT2D eigenvalue weighted by Crippen LogP contribution is -2.50. The van der Waals surface area contributed by atoms with Crippen LogP contribution in [0.5, 0.6) is 0 Å². The van der Waals surface area contributed by atoms with Gasteiger partial charge in [0, 0.05) is 13.1 Å². The summed E-state index contributed by atoms with van der Waals surface area (Å²) in [6.45, 7) is 6.40. The number of nitrogens with one attached hydrogen (secondary N) is 2. The van der Waals surface area contributed by atoms with Crippen LogP contribution in [0.3, 0.4) is 0 Å². The maximum absolute atomic E-state index is 12.4. The highest BCUT2D eigenvalue weighted by molar-refractivity contribution is 5.83. The van der Waals surface area contributed by atoms with Crippen molar-refractivity contribution in [1.29, 1.82) is 0 Å². The summed E-state index contributed by atoms with van der Waals surface area (Å²) in [4.78, 5) is 12.4. The predicted molar refractivity (Wildman–Crippen MR) is 80.4 cm³/mol. The van der Waals surface area contributed by atoms with Crippen LogP contribution in [0.1, 0.15) is 58.8 Å². The zero-order chi connectivity index (χ0) is 14.6. The number of carbonyl (C=O) groups excluding carboxylic acids is 1. The van der Waals surface area contributed by atoms with Crippen molar-refractivity contribution in [3.8, 4) is 0 Å². The second kappa shape index (κ2) is 6.44. The smallest absolute Gasteiger partial charge is 0.227 e. The van der Waals surface area contributed by atoms with E-state index in [0.29, 0.717) is 6.54 Å². The predicted octanol–water partition coefficient (Wildman–Crippen LogP) is 1.82. The molecule has 1 atom stereocenters. The summed E-state index contributed by atoms with van der Waals surface area (Å²) in [5, 5.41) is 16.9. The first-order valence-corrected chi connectivity index (χ1v) is 8.25. The van der Waals surface area contributed by atoms with Crippen LogP contribution in [0.4, 0.5) is 0 Å². The van der Waals surface area contributed by atoms with Gasteiger partial charge in [-0.05, 0) is 51.0 Å². The van der Waals surface area contributed by atoms with Crippen LogP contribution in [0, 0.1) is 11.3 Å². The minimum atomic E-state index is -0.678. The van der Waals surface area contributed by atoms with E-state index >= 15 is 0 Å².